The van der Waals surface area contributed by atoms with E-state index in [0.717, 1.165) is 19.5 Å². The number of carbonyl (C=O) groups is 2. The van der Waals surface area contributed by atoms with Crippen LogP contribution < -0.4 is 20.1 Å². The van der Waals surface area contributed by atoms with Crippen LogP contribution in [0.3, 0.4) is 0 Å². The number of nitrogens with zero attached hydrogens (tertiary/aromatic N) is 1. The molecular weight excluding hydrogens is 446 g/mol. The van der Waals surface area contributed by atoms with Gasteiger partial charge in [-0.05, 0) is 44.4 Å². The molecule has 0 radical (unpaired) electrons. The van der Waals surface area contributed by atoms with E-state index in [1.54, 1.807) is 26.2 Å². The lowest BCUT2D eigenvalue weighted by molar-refractivity contribution is -0.139. The summed E-state index contributed by atoms with van der Waals surface area (Å²) in [4.78, 5) is 28.2. The van der Waals surface area contributed by atoms with Gasteiger partial charge < -0.3 is 24.8 Å². The first kappa shape index (κ1) is 24.6. The highest BCUT2D eigenvalue weighted by atomic mass is 16.5. The quantitative estimate of drug-likeness (QED) is 0.562. The van der Waals surface area contributed by atoms with E-state index in [-0.39, 0.29) is 12.6 Å². The lowest BCUT2D eigenvalue weighted by atomic mass is 9.93. The van der Waals surface area contributed by atoms with Crippen LogP contribution in [0.2, 0.25) is 0 Å². The van der Waals surface area contributed by atoms with Crippen LogP contribution in [0.1, 0.15) is 42.0 Å². The highest BCUT2D eigenvalue weighted by Crippen LogP contribution is 2.39. The first-order valence-corrected chi connectivity index (χ1v) is 11.9. The Morgan fingerprint density at radius 1 is 1.11 bits per heavy atom. The minimum atomic E-state index is -0.738. The summed E-state index contributed by atoms with van der Waals surface area (Å²) in [5.74, 6) is 0.917. The number of ether oxygens (including phenoxy) is 3. The minimum absolute atomic E-state index is 0.227. The van der Waals surface area contributed by atoms with Crippen molar-refractivity contribution >= 4 is 12.0 Å². The van der Waals surface area contributed by atoms with Gasteiger partial charge in [0.1, 0.15) is 0 Å². The zero-order valence-electron chi connectivity index (χ0n) is 20.7. The van der Waals surface area contributed by atoms with Crippen LogP contribution in [0.4, 0.5) is 4.79 Å². The Balaban J connectivity index is 1.67. The number of hydrogen-bond donors (Lipinski definition) is 2. The van der Waals surface area contributed by atoms with Gasteiger partial charge in [-0.25, -0.2) is 9.59 Å². The van der Waals surface area contributed by atoms with Gasteiger partial charge in [0, 0.05) is 24.4 Å². The third kappa shape index (κ3) is 5.27. The van der Waals surface area contributed by atoms with Crippen molar-refractivity contribution in [2.24, 2.45) is 0 Å². The lowest BCUT2D eigenvalue weighted by Gasteiger charge is -2.32. The number of carbonyl (C=O) groups excluding carboxylic acids is 2. The zero-order valence-corrected chi connectivity index (χ0v) is 20.7. The van der Waals surface area contributed by atoms with Gasteiger partial charge in [0.25, 0.3) is 0 Å². The molecule has 8 nitrogen and oxygen atoms in total. The van der Waals surface area contributed by atoms with Crippen LogP contribution in [-0.4, -0.2) is 57.4 Å². The molecule has 1 saturated heterocycles. The van der Waals surface area contributed by atoms with Crippen molar-refractivity contribution < 1.29 is 23.8 Å². The van der Waals surface area contributed by atoms with Crippen LogP contribution in [0.25, 0.3) is 0 Å². The van der Waals surface area contributed by atoms with Crippen LogP contribution in [0, 0.1) is 6.92 Å². The lowest BCUT2D eigenvalue weighted by Crippen LogP contribution is -2.48. The Labute approximate surface area is 206 Å². The number of benzene rings is 2. The second-order valence-corrected chi connectivity index (χ2v) is 8.86. The fourth-order valence-corrected chi connectivity index (χ4v) is 4.88. The number of esters is 1. The second-order valence-electron chi connectivity index (χ2n) is 8.86. The molecule has 2 aromatic rings. The Kier molecular flexibility index (Phi) is 7.60. The fourth-order valence-electron chi connectivity index (χ4n) is 4.88. The summed E-state index contributed by atoms with van der Waals surface area (Å²) in [5.41, 5.74) is 4.10. The van der Waals surface area contributed by atoms with Crippen LogP contribution in [0.5, 0.6) is 11.5 Å². The molecule has 2 aliphatic rings. The van der Waals surface area contributed by atoms with Gasteiger partial charge in [-0.1, -0.05) is 42.0 Å². The largest absolute Gasteiger partial charge is 0.493 e. The third-order valence-electron chi connectivity index (χ3n) is 6.60. The molecule has 2 aromatic carbocycles. The van der Waals surface area contributed by atoms with Gasteiger partial charge in [-0.2, -0.15) is 0 Å². The maximum Gasteiger partial charge on any atom is 0.338 e. The maximum absolute atomic E-state index is 13.2. The molecule has 1 fully saturated rings. The molecule has 4 rings (SSSR count). The molecule has 0 bridgehead atoms. The summed E-state index contributed by atoms with van der Waals surface area (Å²) in [6.07, 6.45) is 1.02. The highest BCUT2D eigenvalue weighted by molar-refractivity contribution is 5.95. The predicted molar refractivity (Wildman–Crippen MR) is 133 cm³/mol. The van der Waals surface area contributed by atoms with E-state index in [9.17, 15) is 9.59 Å². The van der Waals surface area contributed by atoms with E-state index in [1.807, 2.05) is 6.07 Å². The highest BCUT2D eigenvalue weighted by Gasteiger charge is 2.37. The number of likely N-dealkylation sites (tertiary alicyclic amines) is 1. The molecule has 2 heterocycles. The molecule has 0 aromatic heterocycles. The molecule has 35 heavy (non-hydrogen) atoms. The Morgan fingerprint density at radius 2 is 1.89 bits per heavy atom. The minimum Gasteiger partial charge on any atom is -0.493 e. The number of nitrogens with one attached hydrogen (secondary N) is 2. The summed E-state index contributed by atoms with van der Waals surface area (Å²) in [5, 5.41) is 5.76. The van der Waals surface area contributed by atoms with Gasteiger partial charge in [-0.3, -0.25) is 4.90 Å². The summed E-state index contributed by atoms with van der Waals surface area (Å²) in [7, 11) is 3.09. The first-order chi connectivity index (χ1) is 16.9. The van der Waals surface area contributed by atoms with Gasteiger partial charge in [0.2, 0.25) is 0 Å². The molecule has 8 heteroatoms. The summed E-state index contributed by atoms with van der Waals surface area (Å²) < 4.78 is 16.5. The predicted octanol–water partition coefficient (Wildman–Crippen LogP) is 3.67. The summed E-state index contributed by atoms with van der Waals surface area (Å²) in [6, 6.07) is 12.9. The van der Waals surface area contributed by atoms with E-state index in [1.165, 1.54) is 18.2 Å². The number of rotatable bonds is 8. The van der Waals surface area contributed by atoms with Crippen molar-refractivity contribution in [2.75, 3.05) is 40.5 Å². The molecule has 0 unspecified atom stereocenters. The summed E-state index contributed by atoms with van der Waals surface area (Å²) >= 11 is 0. The SMILES string of the molecule is CCOC(=O)C1=C(CN2CC[C@H](c3ccc(C)cc3)C2)NC(=O)N[C@H]1c1cccc(OC)c1OC. The zero-order chi connectivity index (χ0) is 24.9. The number of para-hydroxylation sites is 1. The third-order valence-corrected chi connectivity index (χ3v) is 6.60. The fraction of sp³-hybridized carbons (Fsp3) is 0.407. The monoisotopic (exact) mass is 479 g/mol. The van der Waals surface area contributed by atoms with Crippen molar-refractivity contribution in [2.45, 2.75) is 32.2 Å². The van der Waals surface area contributed by atoms with Crippen molar-refractivity contribution in [3.05, 3.63) is 70.4 Å². The molecular formula is C27H33N3O5. The second kappa shape index (κ2) is 10.8. The van der Waals surface area contributed by atoms with Gasteiger partial charge >= 0.3 is 12.0 Å². The molecule has 2 amide bonds. The smallest absolute Gasteiger partial charge is 0.338 e. The van der Waals surface area contributed by atoms with Crippen molar-refractivity contribution in [1.29, 1.82) is 0 Å². The number of urea groups is 1. The Hall–Kier alpha value is -3.52. The topological polar surface area (TPSA) is 89.1 Å². The standard InChI is InChI=1S/C27H33N3O5/c1-5-35-26(31)23-21(16-30-14-13-19(15-30)18-11-9-17(2)10-12-18)28-27(32)29-24(23)20-7-6-8-22(33-3)25(20)34-4/h6-12,19,24H,5,13-16H2,1-4H3,(H2,28,29,32)/t19-,24-/m0/s1. The first-order valence-electron chi connectivity index (χ1n) is 11.9. The average molecular weight is 480 g/mol. The van der Waals surface area contributed by atoms with E-state index in [4.69, 9.17) is 14.2 Å². The number of aryl methyl sites for hydroxylation is 1. The molecule has 2 aliphatic heterocycles. The Morgan fingerprint density at radius 3 is 2.57 bits per heavy atom. The average Bonchev–Trinajstić information content (AvgIpc) is 3.32. The maximum atomic E-state index is 13.2. The summed E-state index contributed by atoms with van der Waals surface area (Å²) in [6.45, 7) is 6.23. The molecule has 0 aliphatic carbocycles. The van der Waals surface area contributed by atoms with Crippen LogP contribution in [-0.2, 0) is 9.53 Å². The van der Waals surface area contributed by atoms with Crippen LogP contribution in [0.15, 0.2) is 53.7 Å². The van der Waals surface area contributed by atoms with Crippen molar-refractivity contribution in [3.63, 3.8) is 0 Å². The number of hydrogen-bond acceptors (Lipinski definition) is 6. The van der Waals surface area contributed by atoms with E-state index < -0.39 is 12.0 Å². The van der Waals surface area contributed by atoms with E-state index >= 15 is 0 Å². The van der Waals surface area contributed by atoms with Crippen LogP contribution >= 0.6 is 0 Å². The van der Waals surface area contributed by atoms with Crippen molar-refractivity contribution in [3.8, 4) is 11.5 Å². The van der Waals surface area contributed by atoms with Gasteiger partial charge in [0.15, 0.2) is 11.5 Å². The van der Waals surface area contributed by atoms with Crippen molar-refractivity contribution in [1.82, 2.24) is 15.5 Å². The Bertz CT molecular complexity index is 1110. The van der Waals surface area contributed by atoms with E-state index in [2.05, 4.69) is 46.7 Å². The molecule has 2 N–H and O–H groups in total. The normalized spacial score (nSPS) is 20.3. The number of amides is 2. The molecule has 2 atom stereocenters. The van der Waals surface area contributed by atoms with Gasteiger partial charge in [-0.15, -0.1) is 0 Å². The molecule has 0 spiro atoms. The molecule has 0 saturated carbocycles. The molecule has 186 valence electrons. The number of methoxy groups -OCH3 is 2. The van der Waals surface area contributed by atoms with Gasteiger partial charge in [0.05, 0.1) is 32.4 Å². The van der Waals surface area contributed by atoms with E-state index in [0.29, 0.717) is 40.8 Å².